The summed E-state index contributed by atoms with van der Waals surface area (Å²) in [6.07, 6.45) is -5.70. The molecular weight excluding hydrogens is 265 g/mol. The van der Waals surface area contributed by atoms with Crippen molar-refractivity contribution in [2.24, 2.45) is 11.8 Å². The zero-order valence-corrected chi connectivity index (χ0v) is 11.4. The van der Waals surface area contributed by atoms with Gasteiger partial charge in [-0.15, -0.1) is 0 Å². The minimum atomic E-state index is -4.65. The smallest absolute Gasteiger partial charge is 0.392 e. The Morgan fingerprint density at radius 3 is 2.00 bits per heavy atom. The van der Waals surface area contributed by atoms with Crippen LogP contribution in [0.5, 0.6) is 0 Å². The molecule has 0 saturated heterocycles. The number of aliphatic carboxylic acids is 1. The Hall–Kier alpha value is -1.27. The van der Waals surface area contributed by atoms with Gasteiger partial charge in [-0.25, -0.2) is 0 Å². The van der Waals surface area contributed by atoms with Crippen molar-refractivity contribution >= 4 is 11.9 Å². The molecule has 0 saturated carbocycles. The van der Waals surface area contributed by atoms with Gasteiger partial charge < -0.3 is 9.84 Å². The zero-order valence-electron chi connectivity index (χ0n) is 11.4. The number of alkyl halides is 3. The van der Waals surface area contributed by atoms with E-state index in [1.54, 1.807) is 20.8 Å². The van der Waals surface area contributed by atoms with E-state index in [-0.39, 0.29) is 0 Å². The minimum Gasteiger partial charge on any atom is -0.481 e. The molecule has 0 heterocycles. The van der Waals surface area contributed by atoms with Crippen molar-refractivity contribution in [3.05, 3.63) is 0 Å². The molecule has 0 bridgehead atoms. The molecule has 112 valence electrons. The number of ether oxygens (including phenoxy) is 1. The summed E-state index contributed by atoms with van der Waals surface area (Å²) in [7, 11) is 0. The molecule has 0 aliphatic heterocycles. The number of halogens is 3. The number of carboxylic acid groups (broad SMARTS) is 1. The number of carbonyl (C=O) groups excluding carboxylic acids is 1. The minimum absolute atomic E-state index is 0.459. The van der Waals surface area contributed by atoms with Crippen LogP contribution in [0, 0.1) is 11.8 Å². The van der Waals surface area contributed by atoms with Gasteiger partial charge in [-0.1, -0.05) is 6.92 Å². The second kappa shape index (κ2) is 6.25. The van der Waals surface area contributed by atoms with Gasteiger partial charge in [0.05, 0.1) is 11.8 Å². The second-order valence-electron chi connectivity index (χ2n) is 5.40. The Labute approximate surface area is 109 Å². The first-order valence-electron chi connectivity index (χ1n) is 5.86. The van der Waals surface area contributed by atoms with E-state index in [1.165, 1.54) is 0 Å². The van der Waals surface area contributed by atoms with E-state index in [0.717, 1.165) is 6.92 Å². The normalized spacial score (nSPS) is 15.7. The molecular formula is C12H19F3O4. The number of carboxylic acids is 1. The lowest BCUT2D eigenvalue weighted by Crippen LogP contribution is -2.34. The lowest BCUT2D eigenvalue weighted by molar-refractivity contribution is -0.198. The van der Waals surface area contributed by atoms with Crippen LogP contribution in [0.15, 0.2) is 0 Å². The van der Waals surface area contributed by atoms with E-state index in [9.17, 15) is 22.8 Å². The van der Waals surface area contributed by atoms with E-state index in [1.807, 2.05) is 0 Å². The third-order valence-corrected chi connectivity index (χ3v) is 2.49. The molecule has 0 fully saturated rings. The highest BCUT2D eigenvalue weighted by Crippen LogP contribution is 2.35. The Bertz CT molecular complexity index is 331. The van der Waals surface area contributed by atoms with E-state index in [0.29, 0.717) is 0 Å². The maximum Gasteiger partial charge on any atom is 0.392 e. The van der Waals surface area contributed by atoms with Crippen molar-refractivity contribution in [3.8, 4) is 0 Å². The first-order valence-corrected chi connectivity index (χ1v) is 5.86. The van der Waals surface area contributed by atoms with Gasteiger partial charge in [-0.2, -0.15) is 13.2 Å². The monoisotopic (exact) mass is 284 g/mol. The van der Waals surface area contributed by atoms with Gasteiger partial charge in [0.1, 0.15) is 5.60 Å². The number of hydrogen-bond acceptors (Lipinski definition) is 3. The molecule has 0 radical (unpaired) electrons. The molecule has 1 unspecified atom stereocenters. The molecule has 0 aliphatic rings. The van der Waals surface area contributed by atoms with Gasteiger partial charge in [0.2, 0.25) is 0 Å². The average molecular weight is 284 g/mol. The van der Waals surface area contributed by atoms with Crippen molar-refractivity contribution in [1.82, 2.24) is 0 Å². The molecule has 0 aliphatic carbocycles. The van der Waals surface area contributed by atoms with E-state index >= 15 is 0 Å². The number of esters is 1. The second-order valence-corrected chi connectivity index (χ2v) is 5.40. The van der Waals surface area contributed by atoms with E-state index in [4.69, 9.17) is 9.84 Å². The lowest BCUT2D eigenvalue weighted by atomic mass is 9.89. The predicted molar refractivity (Wildman–Crippen MR) is 61.4 cm³/mol. The van der Waals surface area contributed by atoms with Gasteiger partial charge in [-0.3, -0.25) is 9.59 Å². The number of rotatable bonds is 5. The summed E-state index contributed by atoms with van der Waals surface area (Å²) >= 11 is 0. The molecule has 0 amide bonds. The zero-order chi connectivity index (χ0) is 15.4. The summed E-state index contributed by atoms with van der Waals surface area (Å²) in [5.74, 6) is -5.95. The van der Waals surface area contributed by atoms with Crippen LogP contribution in [0.3, 0.4) is 0 Å². The van der Waals surface area contributed by atoms with Crippen LogP contribution in [0.4, 0.5) is 13.2 Å². The maximum absolute atomic E-state index is 12.7. The highest BCUT2D eigenvalue weighted by atomic mass is 19.4. The van der Waals surface area contributed by atoms with Crippen LogP contribution < -0.4 is 0 Å². The average Bonchev–Trinajstić information content (AvgIpc) is 2.12. The summed E-state index contributed by atoms with van der Waals surface area (Å²) in [5, 5.41) is 8.65. The summed E-state index contributed by atoms with van der Waals surface area (Å²) in [4.78, 5) is 22.0. The van der Waals surface area contributed by atoms with Crippen LogP contribution in [0.25, 0.3) is 0 Å². The third-order valence-electron chi connectivity index (χ3n) is 2.49. The number of carbonyl (C=O) groups is 2. The highest BCUT2D eigenvalue weighted by Gasteiger charge is 2.45. The summed E-state index contributed by atoms with van der Waals surface area (Å²) in [6.45, 7) is 5.79. The van der Waals surface area contributed by atoms with Crippen molar-refractivity contribution in [2.45, 2.75) is 52.3 Å². The molecule has 19 heavy (non-hydrogen) atoms. The summed E-state index contributed by atoms with van der Waals surface area (Å²) in [6, 6.07) is 0. The van der Waals surface area contributed by atoms with E-state index < -0.39 is 48.4 Å². The Morgan fingerprint density at radius 2 is 1.68 bits per heavy atom. The van der Waals surface area contributed by atoms with Crippen molar-refractivity contribution < 1.29 is 32.6 Å². The Kier molecular flexibility index (Phi) is 5.83. The first kappa shape index (κ1) is 17.7. The van der Waals surface area contributed by atoms with Crippen LogP contribution in [0.2, 0.25) is 0 Å². The summed E-state index contributed by atoms with van der Waals surface area (Å²) < 4.78 is 43.0. The molecule has 7 heteroatoms. The van der Waals surface area contributed by atoms with Gasteiger partial charge in [0.25, 0.3) is 0 Å². The van der Waals surface area contributed by atoms with Crippen LogP contribution in [-0.4, -0.2) is 28.8 Å². The lowest BCUT2D eigenvalue weighted by Gasteiger charge is -2.24. The first-order chi connectivity index (χ1) is 8.34. The quantitative estimate of drug-likeness (QED) is 0.788. The molecule has 2 atom stereocenters. The summed E-state index contributed by atoms with van der Waals surface area (Å²) in [5.41, 5.74) is -0.775. The molecule has 0 rings (SSSR count). The van der Waals surface area contributed by atoms with Gasteiger partial charge in [0.15, 0.2) is 0 Å². The largest absolute Gasteiger partial charge is 0.481 e. The Balaban J connectivity index is 4.61. The van der Waals surface area contributed by atoms with Crippen molar-refractivity contribution in [3.63, 3.8) is 0 Å². The molecule has 0 spiro atoms. The molecule has 0 aromatic rings. The van der Waals surface area contributed by atoms with E-state index in [2.05, 4.69) is 0 Å². The fourth-order valence-electron chi connectivity index (χ4n) is 1.54. The predicted octanol–water partition coefficient (Wildman–Crippen LogP) is 3.01. The molecule has 4 nitrogen and oxygen atoms in total. The Morgan fingerprint density at radius 1 is 1.21 bits per heavy atom. The standard InChI is InChI=1S/C12H19F3O4/c1-7(10(17)18)8(12(13,14)15)5-6-9(16)19-11(2,3)4/h7-8H,5-6H2,1-4H3,(H,17,18)/t7?,8-/m0/s1. The van der Waals surface area contributed by atoms with Crippen LogP contribution >= 0.6 is 0 Å². The third kappa shape index (κ3) is 7.03. The van der Waals surface area contributed by atoms with Crippen LogP contribution in [-0.2, 0) is 14.3 Å². The van der Waals surface area contributed by atoms with Crippen LogP contribution in [0.1, 0.15) is 40.5 Å². The fourth-order valence-corrected chi connectivity index (χ4v) is 1.54. The van der Waals surface area contributed by atoms with Crippen molar-refractivity contribution in [1.29, 1.82) is 0 Å². The molecule has 0 aromatic heterocycles. The van der Waals surface area contributed by atoms with Gasteiger partial charge >= 0.3 is 18.1 Å². The highest BCUT2D eigenvalue weighted by molar-refractivity contribution is 5.71. The molecule has 1 N–H and O–H groups in total. The number of hydrogen-bond donors (Lipinski definition) is 1. The fraction of sp³-hybridized carbons (Fsp3) is 0.833. The van der Waals surface area contributed by atoms with Crippen molar-refractivity contribution in [2.75, 3.05) is 0 Å². The molecule has 0 aromatic carbocycles. The topological polar surface area (TPSA) is 63.6 Å². The van der Waals surface area contributed by atoms with Gasteiger partial charge in [0, 0.05) is 6.42 Å². The maximum atomic E-state index is 12.7. The SMILES string of the molecule is CC(C(=O)O)[C@H](CCC(=O)OC(C)(C)C)C(F)(F)F. The van der Waals surface area contributed by atoms with Gasteiger partial charge in [-0.05, 0) is 27.2 Å².